The second kappa shape index (κ2) is 9.89. The molecular formula is C21H30N4O2S. The van der Waals surface area contributed by atoms with E-state index in [1.807, 2.05) is 31.3 Å². The lowest BCUT2D eigenvalue weighted by molar-refractivity contribution is 0.222. The van der Waals surface area contributed by atoms with Crippen molar-refractivity contribution in [2.24, 2.45) is 5.92 Å². The minimum absolute atomic E-state index is 0.308. The molecule has 0 aliphatic carbocycles. The van der Waals surface area contributed by atoms with Crippen LogP contribution in [0.4, 0.5) is 15.6 Å². The minimum Gasteiger partial charge on any atom is -0.491 e. The number of carbonyl (C=O) groups excluding carboxylic acids is 1. The SMILES string of the molecule is Cc1ccc(NC(=O)Nc2ncc(CN3CCCCC3)s2)c(OCC(C)C)c1. The molecule has 1 fully saturated rings. The number of thiazole rings is 1. The Morgan fingerprint density at radius 1 is 1.25 bits per heavy atom. The van der Waals surface area contributed by atoms with Crippen LogP contribution >= 0.6 is 11.3 Å². The van der Waals surface area contributed by atoms with Crippen LogP contribution in [-0.2, 0) is 6.54 Å². The molecule has 1 saturated heterocycles. The normalized spacial score (nSPS) is 14.9. The van der Waals surface area contributed by atoms with Gasteiger partial charge in [-0.15, -0.1) is 11.3 Å². The summed E-state index contributed by atoms with van der Waals surface area (Å²) in [4.78, 5) is 20.4. The summed E-state index contributed by atoms with van der Waals surface area (Å²) in [6.45, 7) is 10.0. The van der Waals surface area contributed by atoms with Gasteiger partial charge in [-0.2, -0.15) is 0 Å². The largest absolute Gasteiger partial charge is 0.491 e. The lowest BCUT2D eigenvalue weighted by atomic mass is 10.1. The number of nitrogens with one attached hydrogen (secondary N) is 2. The van der Waals surface area contributed by atoms with Crippen molar-refractivity contribution >= 4 is 28.2 Å². The zero-order valence-electron chi connectivity index (χ0n) is 17.0. The van der Waals surface area contributed by atoms with Crippen LogP contribution in [0.15, 0.2) is 24.4 Å². The molecule has 152 valence electrons. The van der Waals surface area contributed by atoms with Gasteiger partial charge >= 0.3 is 6.03 Å². The molecule has 1 aliphatic heterocycles. The van der Waals surface area contributed by atoms with Gasteiger partial charge in [-0.05, 0) is 56.5 Å². The maximum Gasteiger partial charge on any atom is 0.325 e. The minimum atomic E-state index is -0.308. The third-order valence-corrected chi connectivity index (χ3v) is 5.46. The third kappa shape index (κ3) is 6.21. The van der Waals surface area contributed by atoms with Gasteiger partial charge in [-0.3, -0.25) is 10.2 Å². The average Bonchev–Trinajstić information content (AvgIpc) is 3.09. The molecule has 1 aromatic carbocycles. The van der Waals surface area contributed by atoms with E-state index in [9.17, 15) is 4.79 Å². The highest BCUT2D eigenvalue weighted by molar-refractivity contribution is 7.15. The summed E-state index contributed by atoms with van der Waals surface area (Å²) in [5, 5.41) is 6.33. The Bertz CT molecular complexity index is 784. The van der Waals surface area contributed by atoms with Crippen molar-refractivity contribution in [3.63, 3.8) is 0 Å². The second-order valence-electron chi connectivity index (χ2n) is 7.75. The Morgan fingerprint density at radius 2 is 2.04 bits per heavy atom. The van der Waals surface area contributed by atoms with Gasteiger partial charge in [0.15, 0.2) is 5.13 Å². The fourth-order valence-corrected chi connectivity index (χ4v) is 3.99. The molecular weight excluding hydrogens is 372 g/mol. The Labute approximate surface area is 171 Å². The van der Waals surface area contributed by atoms with E-state index in [-0.39, 0.29) is 6.03 Å². The van der Waals surface area contributed by atoms with E-state index >= 15 is 0 Å². The monoisotopic (exact) mass is 402 g/mol. The van der Waals surface area contributed by atoms with Gasteiger partial charge in [-0.25, -0.2) is 9.78 Å². The summed E-state index contributed by atoms with van der Waals surface area (Å²) in [5.41, 5.74) is 1.75. The van der Waals surface area contributed by atoms with E-state index < -0.39 is 0 Å². The smallest absolute Gasteiger partial charge is 0.325 e. The van der Waals surface area contributed by atoms with Crippen molar-refractivity contribution in [1.82, 2.24) is 9.88 Å². The van der Waals surface area contributed by atoms with Crippen molar-refractivity contribution in [3.8, 4) is 5.75 Å². The predicted octanol–water partition coefficient (Wildman–Crippen LogP) is 5.12. The van der Waals surface area contributed by atoms with E-state index in [2.05, 4.69) is 34.4 Å². The molecule has 0 bridgehead atoms. The first-order valence-corrected chi connectivity index (χ1v) is 10.8. The lowest BCUT2D eigenvalue weighted by Gasteiger charge is -2.25. The number of rotatable bonds is 7. The number of piperidine rings is 1. The molecule has 28 heavy (non-hydrogen) atoms. The lowest BCUT2D eigenvalue weighted by Crippen LogP contribution is -2.28. The molecule has 2 N–H and O–H groups in total. The van der Waals surface area contributed by atoms with Crippen LogP contribution in [0, 0.1) is 12.8 Å². The quantitative estimate of drug-likeness (QED) is 0.675. The van der Waals surface area contributed by atoms with Crippen LogP contribution in [0.2, 0.25) is 0 Å². The molecule has 2 aromatic rings. The molecule has 0 radical (unpaired) electrons. The molecule has 0 atom stereocenters. The standard InChI is InChI=1S/C21H30N4O2S/c1-15(2)14-27-19-11-16(3)7-8-18(19)23-20(26)24-21-22-12-17(28-21)13-25-9-5-4-6-10-25/h7-8,11-12,15H,4-6,9-10,13-14H2,1-3H3,(H2,22,23,24,26). The van der Waals surface area contributed by atoms with Crippen LogP contribution in [0.3, 0.4) is 0 Å². The first-order chi connectivity index (χ1) is 13.5. The number of anilines is 2. The zero-order chi connectivity index (χ0) is 19.9. The Kier molecular flexibility index (Phi) is 7.28. The Hall–Kier alpha value is -2.12. The molecule has 1 aromatic heterocycles. The van der Waals surface area contributed by atoms with Crippen molar-refractivity contribution in [3.05, 3.63) is 34.8 Å². The molecule has 0 spiro atoms. The first kappa shape index (κ1) is 20.6. The Morgan fingerprint density at radius 3 is 2.79 bits per heavy atom. The van der Waals surface area contributed by atoms with Crippen LogP contribution in [-0.4, -0.2) is 35.6 Å². The second-order valence-corrected chi connectivity index (χ2v) is 8.87. The number of urea groups is 1. The van der Waals surface area contributed by atoms with E-state index in [1.54, 1.807) is 0 Å². The van der Waals surface area contributed by atoms with Crippen molar-refractivity contribution in [1.29, 1.82) is 0 Å². The molecule has 2 amide bonds. The van der Waals surface area contributed by atoms with Crippen molar-refractivity contribution < 1.29 is 9.53 Å². The van der Waals surface area contributed by atoms with Gasteiger partial charge in [0, 0.05) is 17.6 Å². The number of nitrogens with zero attached hydrogens (tertiary/aromatic N) is 2. The molecule has 0 saturated carbocycles. The fourth-order valence-electron chi connectivity index (χ4n) is 3.14. The zero-order valence-corrected chi connectivity index (χ0v) is 17.8. The van der Waals surface area contributed by atoms with Gasteiger partial charge in [0.25, 0.3) is 0 Å². The van der Waals surface area contributed by atoms with Gasteiger partial charge in [0.2, 0.25) is 0 Å². The summed E-state index contributed by atoms with van der Waals surface area (Å²) >= 11 is 1.53. The first-order valence-electron chi connectivity index (χ1n) is 9.98. The van der Waals surface area contributed by atoms with Crippen LogP contribution in [0.1, 0.15) is 43.6 Å². The molecule has 3 rings (SSSR count). The summed E-state index contributed by atoms with van der Waals surface area (Å²) < 4.78 is 5.86. The highest BCUT2D eigenvalue weighted by atomic mass is 32.1. The van der Waals surface area contributed by atoms with E-state index in [0.29, 0.717) is 29.1 Å². The Balaban J connectivity index is 1.57. The fraction of sp³-hybridized carbons (Fsp3) is 0.524. The van der Waals surface area contributed by atoms with Crippen molar-refractivity contribution in [2.45, 2.75) is 46.6 Å². The van der Waals surface area contributed by atoms with E-state index in [4.69, 9.17) is 4.74 Å². The number of aryl methyl sites for hydroxylation is 1. The summed E-state index contributed by atoms with van der Waals surface area (Å²) in [5.74, 6) is 1.10. The number of amides is 2. The van der Waals surface area contributed by atoms with Gasteiger partial charge in [0.1, 0.15) is 5.75 Å². The molecule has 7 heteroatoms. The highest BCUT2D eigenvalue weighted by Crippen LogP contribution is 2.27. The molecule has 1 aliphatic rings. The van der Waals surface area contributed by atoms with Gasteiger partial charge in [-0.1, -0.05) is 26.3 Å². The van der Waals surface area contributed by atoms with Crippen LogP contribution in [0.5, 0.6) is 5.75 Å². The number of aromatic nitrogens is 1. The number of ether oxygens (including phenoxy) is 1. The summed E-state index contributed by atoms with van der Waals surface area (Å²) in [6, 6.07) is 5.46. The van der Waals surface area contributed by atoms with Crippen LogP contribution in [0.25, 0.3) is 0 Å². The maximum absolute atomic E-state index is 12.4. The number of benzene rings is 1. The third-order valence-electron chi connectivity index (χ3n) is 4.56. The average molecular weight is 403 g/mol. The molecule has 2 heterocycles. The van der Waals surface area contributed by atoms with Gasteiger partial charge < -0.3 is 10.1 Å². The summed E-state index contributed by atoms with van der Waals surface area (Å²) in [6.07, 6.45) is 5.72. The molecule has 6 nitrogen and oxygen atoms in total. The van der Waals surface area contributed by atoms with E-state index in [1.165, 1.54) is 35.5 Å². The van der Waals surface area contributed by atoms with E-state index in [0.717, 1.165) is 25.2 Å². The maximum atomic E-state index is 12.4. The topological polar surface area (TPSA) is 66.5 Å². The number of carbonyl (C=O) groups is 1. The predicted molar refractivity (Wildman–Crippen MR) is 115 cm³/mol. The number of hydrogen-bond donors (Lipinski definition) is 2. The number of likely N-dealkylation sites (tertiary alicyclic amines) is 1. The number of hydrogen-bond acceptors (Lipinski definition) is 5. The highest BCUT2D eigenvalue weighted by Gasteiger charge is 2.14. The molecule has 0 unspecified atom stereocenters. The van der Waals surface area contributed by atoms with Crippen LogP contribution < -0.4 is 15.4 Å². The van der Waals surface area contributed by atoms with Crippen molar-refractivity contribution in [2.75, 3.05) is 30.3 Å². The van der Waals surface area contributed by atoms with Gasteiger partial charge in [0.05, 0.1) is 12.3 Å². The summed E-state index contributed by atoms with van der Waals surface area (Å²) in [7, 11) is 0.